The molecule has 1 aromatic carbocycles. The summed E-state index contributed by atoms with van der Waals surface area (Å²) in [6.07, 6.45) is 8.86. The Morgan fingerprint density at radius 1 is 1.17 bits per heavy atom. The predicted octanol–water partition coefficient (Wildman–Crippen LogP) is 3.56. The molecule has 2 N–H and O–H groups in total. The van der Waals surface area contributed by atoms with Gasteiger partial charge in [0, 0.05) is 31.4 Å². The van der Waals surface area contributed by atoms with Crippen LogP contribution in [0.5, 0.6) is 5.88 Å². The quantitative estimate of drug-likeness (QED) is 0.674. The van der Waals surface area contributed by atoms with E-state index in [2.05, 4.69) is 27.8 Å². The van der Waals surface area contributed by atoms with Gasteiger partial charge in [-0.1, -0.05) is 38.3 Å². The van der Waals surface area contributed by atoms with Gasteiger partial charge in [-0.25, -0.2) is 13.6 Å². The monoisotopic (exact) mass is 485 g/mol. The summed E-state index contributed by atoms with van der Waals surface area (Å²) in [5, 5.41) is 0. The highest BCUT2D eigenvalue weighted by atomic mass is 19.2. The molecule has 1 saturated heterocycles. The summed E-state index contributed by atoms with van der Waals surface area (Å²) in [7, 11) is 0. The molecule has 1 saturated carbocycles. The Labute approximate surface area is 204 Å². The lowest BCUT2D eigenvalue weighted by atomic mass is 9.79. The standard InChI is InChI=1S/C26H33F2N5O2/c1-2-6-22(26(29)9-4-3-5-10-26)31-11-12-32-19(15-31)16-33-24(32)14-23(30-25(33)34)35-17-18-7-8-20(27)21(28)13-18/h6-8,13-14,19H,2-5,9-12,15-17,29H2,1H3. The molecule has 188 valence electrons. The number of allylic oxidation sites excluding steroid dienone is 1. The van der Waals surface area contributed by atoms with E-state index in [-0.39, 0.29) is 29.8 Å². The fraction of sp³-hybridized carbons (Fsp3) is 0.538. The smallest absolute Gasteiger partial charge is 0.352 e. The molecule has 1 unspecified atom stereocenters. The van der Waals surface area contributed by atoms with Crippen LogP contribution in [0.2, 0.25) is 0 Å². The highest BCUT2D eigenvalue weighted by Crippen LogP contribution is 2.37. The Bertz CT molecular complexity index is 1170. The van der Waals surface area contributed by atoms with Crippen LogP contribution in [0.3, 0.4) is 0 Å². The molecular weight excluding hydrogens is 452 g/mol. The van der Waals surface area contributed by atoms with Crippen molar-refractivity contribution in [3.05, 3.63) is 63.7 Å². The van der Waals surface area contributed by atoms with Gasteiger partial charge in [0.15, 0.2) is 11.6 Å². The van der Waals surface area contributed by atoms with Gasteiger partial charge in [0.1, 0.15) is 12.4 Å². The highest BCUT2D eigenvalue weighted by molar-refractivity contribution is 5.48. The highest BCUT2D eigenvalue weighted by Gasteiger charge is 2.40. The van der Waals surface area contributed by atoms with E-state index in [4.69, 9.17) is 10.5 Å². The van der Waals surface area contributed by atoms with Crippen LogP contribution in [0, 0.1) is 11.6 Å². The largest absolute Gasteiger partial charge is 0.473 e. The van der Waals surface area contributed by atoms with Gasteiger partial charge in [0.2, 0.25) is 5.88 Å². The number of rotatable bonds is 6. The first kappa shape index (κ1) is 23.8. The van der Waals surface area contributed by atoms with Crippen LogP contribution in [-0.2, 0) is 13.2 Å². The molecule has 9 heteroatoms. The molecule has 0 radical (unpaired) electrons. The lowest BCUT2D eigenvalue weighted by Gasteiger charge is -2.46. The first-order valence-electron chi connectivity index (χ1n) is 12.6. The molecule has 0 spiro atoms. The van der Waals surface area contributed by atoms with Crippen molar-refractivity contribution in [1.82, 2.24) is 14.5 Å². The second-order valence-corrected chi connectivity index (χ2v) is 9.89. The number of halogens is 2. The third kappa shape index (κ3) is 4.66. The molecule has 1 aliphatic carbocycles. The summed E-state index contributed by atoms with van der Waals surface area (Å²) in [6, 6.07) is 5.51. The van der Waals surface area contributed by atoms with Gasteiger partial charge in [-0.05, 0) is 37.0 Å². The molecule has 2 fully saturated rings. The number of hydrogen-bond acceptors (Lipinski definition) is 6. The van der Waals surface area contributed by atoms with Crippen LogP contribution >= 0.6 is 0 Å². The Kier molecular flexibility index (Phi) is 6.53. The number of fused-ring (bicyclic) bond motifs is 3. The lowest BCUT2D eigenvalue weighted by Crippen LogP contribution is -2.57. The maximum absolute atomic E-state index is 13.5. The zero-order valence-corrected chi connectivity index (χ0v) is 20.2. The summed E-state index contributed by atoms with van der Waals surface area (Å²) in [5.74, 6) is -0.869. The van der Waals surface area contributed by atoms with Gasteiger partial charge < -0.3 is 20.3 Å². The number of nitrogens with two attached hydrogens (primary N) is 1. The molecule has 0 amide bonds. The Balaban J connectivity index is 1.31. The van der Waals surface area contributed by atoms with Crippen LogP contribution in [0.15, 0.2) is 40.8 Å². The number of nitrogens with zero attached hydrogens (tertiary/aromatic N) is 4. The normalized spacial score (nSPS) is 21.6. The van der Waals surface area contributed by atoms with E-state index in [1.807, 2.05) is 0 Å². The van der Waals surface area contributed by atoms with Crippen molar-refractivity contribution in [2.75, 3.05) is 24.5 Å². The van der Waals surface area contributed by atoms with Crippen molar-refractivity contribution in [3.8, 4) is 5.88 Å². The van der Waals surface area contributed by atoms with E-state index in [1.54, 1.807) is 10.6 Å². The minimum absolute atomic E-state index is 0.00590. The summed E-state index contributed by atoms with van der Waals surface area (Å²) in [4.78, 5) is 21.5. The van der Waals surface area contributed by atoms with Crippen molar-refractivity contribution in [3.63, 3.8) is 0 Å². The number of benzene rings is 1. The van der Waals surface area contributed by atoms with Crippen molar-refractivity contribution < 1.29 is 13.5 Å². The SMILES string of the molecule is CCC=C(N1CCN2c3cc(OCc4ccc(F)c(F)c4)nc(=O)n3CC2C1)C1(N)CCCCC1. The van der Waals surface area contributed by atoms with E-state index in [0.29, 0.717) is 12.1 Å². The summed E-state index contributed by atoms with van der Waals surface area (Å²) in [6.45, 7) is 5.13. The fourth-order valence-corrected chi connectivity index (χ4v) is 5.77. The zero-order chi connectivity index (χ0) is 24.6. The van der Waals surface area contributed by atoms with Crippen LogP contribution in [0.4, 0.5) is 14.6 Å². The van der Waals surface area contributed by atoms with Crippen LogP contribution in [0.1, 0.15) is 51.0 Å². The Hall–Kier alpha value is -2.94. The minimum atomic E-state index is -0.933. The minimum Gasteiger partial charge on any atom is -0.473 e. The molecular formula is C26H33F2N5O2. The Morgan fingerprint density at radius 2 is 1.97 bits per heavy atom. The molecule has 5 rings (SSSR count). The van der Waals surface area contributed by atoms with Crippen LogP contribution < -0.4 is 21.1 Å². The van der Waals surface area contributed by atoms with Crippen molar-refractivity contribution in [2.45, 2.75) is 70.2 Å². The van der Waals surface area contributed by atoms with Gasteiger partial charge in [-0.3, -0.25) is 4.57 Å². The van der Waals surface area contributed by atoms with Gasteiger partial charge in [0.05, 0.1) is 18.1 Å². The van der Waals surface area contributed by atoms with E-state index >= 15 is 0 Å². The summed E-state index contributed by atoms with van der Waals surface area (Å²) in [5.41, 5.74) is 8.03. The predicted molar refractivity (Wildman–Crippen MR) is 130 cm³/mol. The van der Waals surface area contributed by atoms with Gasteiger partial charge in [-0.2, -0.15) is 4.98 Å². The van der Waals surface area contributed by atoms with E-state index in [0.717, 1.165) is 56.8 Å². The molecule has 2 aromatic rings. The first-order chi connectivity index (χ1) is 16.9. The van der Waals surface area contributed by atoms with Crippen molar-refractivity contribution >= 4 is 5.82 Å². The summed E-state index contributed by atoms with van der Waals surface area (Å²) >= 11 is 0. The molecule has 1 atom stereocenters. The zero-order valence-electron chi connectivity index (χ0n) is 20.2. The topological polar surface area (TPSA) is 76.6 Å². The second-order valence-electron chi connectivity index (χ2n) is 9.89. The average Bonchev–Trinajstić information content (AvgIpc) is 3.22. The van der Waals surface area contributed by atoms with Crippen LogP contribution in [0.25, 0.3) is 0 Å². The Morgan fingerprint density at radius 3 is 2.71 bits per heavy atom. The molecule has 0 bridgehead atoms. The maximum atomic E-state index is 13.5. The number of ether oxygens (including phenoxy) is 1. The molecule has 3 aliphatic rings. The molecule has 35 heavy (non-hydrogen) atoms. The number of aromatic nitrogens is 2. The molecule has 1 aromatic heterocycles. The van der Waals surface area contributed by atoms with E-state index < -0.39 is 11.6 Å². The second kappa shape index (κ2) is 9.60. The number of anilines is 1. The summed E-state index contributed by atoms with van der Waals surface area (Å²) < 4.78 is 34.0. The number of hydrogen-bond donors (Lipinski definition) is 1. The van der Waals surface area contributed by atoms with Gasteiger partial charge in [0.25, 0.3) is 0 Å². The first-order valence-corrected chi connectivity index (χ1v) is 12.6. The van der Waals surface area contributed by atoms with Crippen molar-refractivity contribution in [1.29, 1.82) is 0 Å². The molecule has 3 heterocycles. The lowest BCUT2D eigenvalue weighted by molar-refractivity contribution is 0.207. The van der Waals surface area contributed by atoms with Crippen molar-refractivity contribution in [2.24, 2.45) is 5.73 Å². The van der Waals surface area contributed by atoms with E-state index in [1.165, 1.54) is 31.0 Å². The fourth-order valence-electron chi connectivity index (χ4n) is 5.77. The van der Waals surface area contributed by atoms with Gasteiger partial charge in [-0.15, -0.1) is 0 Å². The molecule has 2 aliphatic heterocycles. The number of piperazine rings is 1. The van der Waals surface area contributed by atoms with Gasteiger partial charge >= 0.3 is 5.69 Å². The third-order valence-electron chi connectivity index (χ3n) is 7.50. The maximum Gasteiger partial charge on any atom is 0.352 e. The van der Waals surface area contributed by atoms with E-state index in [9.17, 15) is 13.6 Å². The molecule has 7 nitrogen and oxygen atoms in total. The average molecular weight is 486 g/mol. The van der Waals surface area contributed by atoms with Crippen LogP contribution in [-0.4, -0.2) is 45.7 Å². The third-order valence-corrected chi connectivity index (χ3v) is 7.50.